The Morgan fingerprint density at radius 2 is 2.04 bits per heavy atom. The predicted octanol–water partition coefficient (Wildman–Crippen LogP) is 1.57. The van der Waals surface area contributed by atoms with Crippen molar-refractivity contribution in [1.29, 1.82) is 0 Å². The number of amides is 1. The molecule has 0 aliphatic carbocycles. The van der Waals surface area contributed by atoms with Crippen molar-refractivity contribution in [2.75, 3.05) is 12.4 Å². The van der Waals surface area contributed by atoms with E-state index in [0.29, 0.717) is 5.13 Å². The molecule has 1 heterocycles. The number of hydrogen-bond donors (Lipinski definition) is 2. The van der Waals surface area contributed by atoms with Gasteiger partial charge in [-0.25, -0.2) is 13.6 Å². The molecule has 10 heteroatoms. The van der Waals surface area contributed by atoms with Crippen LogP contribution in [-0.4, -0.2) is 31.6 Å². The molecule has 0 aliphatic heterocycles. The van der Waals surface area contributed by atoms with E-state index in [1.54, 1.807) is 0 Å². The maximum Gasteiger partial charge on any atom is 0.261 e. The highest BCUT2D eigenvalue weighted by Gasteiger charge is 2.19. The molecule has 0 fully saturated rings. The van der Waals surface area contributed by atoms with Gasteiger partial charge in [0.1, 0.15) is 10.8 Å². The lowest BCUT2D eigenvalue weighted by molar-refractivity contribution is 0.102. The number of benzene rings is 1. The predicted molar refractivity (Wildman–Crippen MR) is 86.3 cm³/mol. The summed E-state index contributed by atoms with van der Waals surface area (Å²) < 4.78 is 27.9. The molecule has 2 aromatic rings. The second-order valence-electron chi connectivity index (χ2n) is 4.96. The Balaban J connectivity index is 2.33. The molecule has 0 bridgehead atoms. The highest BCUT2D eigenvalue weighted by molar-refractivity contribution is 7.89. The molecule has 1 aromatic carbocycles. The van der Waals surface area contributed by atoms with Crippen LogP contribution in [0.2, 0.25) is 0 Å². The van der Waals surface area contributed by atoms with Crippen molar-refractivity contribution >= 4 is 32.4 Å². The SMILES string of the molecule is COc1ccc(S(N)(=O)=O)cc1C(=O)Nc1nnc(C(C)C)s1. The molecule has 3 N–H and O–H groups in total. The number of methoxy groups -OCH3 is 1. The number of nitrogens with one attached hydrogen (secondary N) is 1. The van der Waals surface area contributed by atoms with Gasteiger partial charge in [0, 0.05) is 5.92 Å². The van der Waals surface area contributed by atoms with E-state index in [-0.39, 0.29) is 22.1 Å². The van der Waals surface area contributed by atoms with Gasteiger partial charge in [0.05, 0.1) is 17.6 Å². The van der Waals surface area contributed by atoms with Gasteiger partial charge < -0.3 is 4.74 Å². The standard InChI is InChI=1S/C13H16N4O4S2/c1-7(2)12-16-17-13(22-12)15-11(18)9-6-8(23(14,19)20)4-5-10(9)21-3/h4-7H,1-3H3,(H2,14,19,20)(H,15,17,18). The zero-order chi connectivity index (χ0) is 17.2. The lowest BCUT2D eigenvalue weighted by atomic mass is 10.2. The fraction of sp³-hybridized carbons (Fsp3) is 0.308. The molecule has 0 saturated heterocycles. The molecule has 2 rings (SSSR count). The van der Waals surface area contributed by atoms with Gasteiger partial charge in [-0.1, -0.05) is 25.2 Å². The first-order valence-corrected chi connectivity index (χ1v) is 8.94. The van der Waals surface area contributed by atoms with Crippen molar-refractivity contribution in [2.24, 2.45) is 5.14 Å². The molecule has 23 heavy (non-hydrogen) atoms. The van der Waals surface area contributed by atoms with E-state index >= 15 is 0 Å². The summed E-state index contributed by atoms with van der Waals surface area (Å²) in [6.45, 7) is 3.93. The Morgan fingerprint density at radius 3 is 2.57 bits per heavy atom. The van der Waals surface area contributed by atoms with E-state index in [4.69, 9.17) is 9.88 Å². The molecular formula is C13H16N4O4S2. The van der Waals surface area contributed by atoms with Crippen molar-refractivity contribution < 1.29 is 17.9 Å². The number of primary sulfonamides is 1. The van der Waals surface area contributed by atoms with Crippen LogP contribution < -0.4 is 15.2 Å². The minimum atomic E-state index is -3.92. The fourth-order valence-electron chi connectivity index (χ4n) is 1.72. The molecule has 0 spiro atoms. The number of sulfonamides is 1. The van der Waals surface area contributed by atoms with Crippen LogP contribution in [0, 0.1) is 0 Å². The van der Waals surface area contributed by atoms with Crippen LogP contribution in [0.15, 0.2) is 23.1 Å². The molecule has 0 aliphatic rings. The molecular weight excluding hydrogens is 340 g/mol. The maximum atomic E-state index is 12.4. The summed E-state index contributed by atoms with van der Waals surface area (Å²) in [5.41, 5.74) is 0.0420. The number of rotatable bonds is 5. The largest absolute Gasteiger partial charge is 0.496 e. The molecule has 8 nitrogen and oxygen atoms in total. The number of hydrogen-bond acceptors (Lipinski definition) is 7. The number of carbonyl (C=O) groups is 1. The third-order valence-electron chi connectivity index (χ3n) is 2.90. The van der Waals surface area contributed by atoms with Crippen LogP contribution in [0.25, 0.3) is 0 Å². The summed E-state index contributed by atoms with van der Waals surface area (Å²) in [4.78, 5) is 12.2. The summed E-state index contributed by atoms with van der Waals surface area (Å²) in [6.07, 6.45) is 0. The van der Waals surface area contributed by atoms with Crippen LogP contribution in [0.1, 0.15) is 35.1 Å². The molecule has 0 unspecified atom stereocenters. The second-order valence-corrected chi connectivity index (χ2v) is 7.53. The first-order chi connectivity index (χ1) is 10.7. The highest BCUT2D eigenvalue weighted by Crippen LogP contribution is 2.26. The summed E-state index contributed by atoms with van der Waals surface area (Å²) in [6, 6.07) is 3.80. The van der Waals surface area contributed by atoms with Gasteiger partial charge in [0.2, 0.25) is 15.2 Å². The molecule has 1 aromatic heterocycles. The Kier molecular flexibility index (Phi) is 4.97. The Labute approximate surface area is 137 Å². The molecule has 0 saturated carbocycles. The van der Waals surface area contributed by atoms with E-state index < -0.39 is 15.9 Å². The van der Waals surface area contributed by atoms with Gasteiger partial charge in [-0.2, -0.15) is 0 Å². The highest BCUT2D eigenvalue weighted by atomic mass is 32.2. The van der Waals surface area contributed by atoms with Gasteiger partial charge in [-0.15, -0.1) is 10.2 Å². The van der Waals surface area contributed by atoms with Gasteiger partial charge >= 0.3 is 0 Å². The number of ether oxygens (including phenoxy) is 1. The first kappa shape index (κ1) is 17.3. The number of anilines is 1. The smallest absolute Gasteiger partial charge is 0.261 e. The van der Waals surface area contributed by atoms with E-state index in [1.165, 1.54) is 30.6 Å². The molecule has 1 amide bonds. The first-order valence-electron chi connectivity index (χ1n) is 6.58. The van der Waals surface area contributed by atoms with E-state index in [0.717, 1.165) is 11.1 Å². The summed E-state index contributed by atoms with van der Waals surface area (Å²) in [5.74, 6) is -0.138. The van der Waals surface area contributed by atoms with Crippen LogP contribution in [0.5, 0.6) is 5.75 Å². The van der Waals surface area contributed by atoms with Crippen molar-refractivity contribution in [3.63, 3.8) is 0 Å². The van der Waals surface area contributed by atoms with Crippen LogP contribution >= 0.6 is 11.3 Å². The molecule has 0 atom stereocenters. The van der Waals surface area contributed by atoms with Crippen LogP contribution in [0.4, 0.5) is 5.13 Å². The van der Waals surface area contributed by atoms with Crippen molar-refractivity contribution in [1.82, 2.24) is 10.2 Å². The van der Waals surface area contributed by atoms with Gasteiger partial charge in [-0.05, 0) is 18.2 Å². The summed E-state index contributed by atoms with van der Waals surface area (Å²) in [7, 11) is -2.55. The Hall–Kier alpha value is -2.04. The number of aromatic nitrogens is 2. The van der Waals surface area contributed by atoms with Crippen LogP contribution in [-0.2, 0) is 10.0 Å². The lowest BCUT2D eigenvalue weighted by Crippen LogP contribution is -2.16. The Morgan fingerprint density at radius 1 is 1.35 bits per heavy atom. The third-order valence-corrected chi connectivity index (χ3v) is 4.95. The zero-order valence-corrected chi connectivity index (χ0v) is 14.4. The second kappa shape index (κ2) is 6.60. The van der Waals surface area contributed by atoms with Crippen molar-refractivity contribution in [3.8, 4) is 5.75 Å². The topological polar surface area (TPSA) is 124 Å². The molecule has 124 valence electrons. The van der Waals surface area contributed by atoms with E-state index in [1.807, 2.05) is 13.8 Å². The monoisotopic (exact) mass is 356 g/mol. The lowest BCUT2D eigenvalue weighted by Gasteiger charge is -2.09. The van der Waals surface area contributed by atoms with Crippen molar-refractivity contribution in [3.05, 3.63) is 28.8 Å². The third kappa shape index (κ3) is 4.03. The average Bonchev–Trinajstić information content (AvgIpc) is 2.94. The van der Waals surface area contributed by atoms with Gasteiger partial charge in [0.15, 0.2) is 0 Å². The van der Waals surface area contributed by atoms with E-state index in [2.05, 4.69) is 15.5 Å². The zero-order valence-electron chi connectivity index (χ0n) is 12.7. The number of nitrogens with two attached hydrogens (primary N) is 1. The van der Waals surface area contributed by atoms with Crippen molar-refractivity contribution in [2.45, 2.75) is 24.7 Å². The van der Waals surface area contributed by atoms with Gasteiger partial charge in [0.25, 0.3) is 5.91 Å². The maximum absolute atomic E-state index is 12.4. The minimum Gasteiger partial charge on any atom is -0.496 e. The summed E-state index contributed by atoms with van der Waals surface area (Å²) >= 11 is 1.25. The van der Waals surface area contributed by atoms with Gasteiger partial charge in [-0.3, -0.25) is 10.1 Å². The number of carbonyl (C=O) groups excluding carboxylic acids is 1. The average molecular weight is 356 g/mol. The van der Waals surface area contributed by atoms with E-state index in [9.17, 15) is 13.2 Å². The number of nitrogens with zero attached hydrogens (tertiary/aromatic N) is 2. The Bertz CT molecular complexity index is 830. The van der Waals surface area contributed by atoms with Crippen LogP contribution in [0.3, 0.4) is 0 Å². The molecule has 0 radical (unpaired) electrons. The fourth-order valence-corrected chi connectivity index (χ4v) is 3.01. The minimum absolute atomic E-state index is 0.0420. The normalized spacial score (nSPS) is 11.5. The quantitative estimate of drug-likeness (QED) is 0.838. The summed E-state index contributed by atoms with van der Waals surface area (Å²) in [5, 5.41) is 16.6.